The van der Waals surface area contributed by atoms with Crippen LogP contribution in [0.3, 0.4) is 0 Å². The average molecular weight is 304 g/mol. The molecule has 7 nitrogen and oxygen atoms in total. The summed E-state index contributed by atoms with van der Waals surface area (Å²) in [5.74, 6) is -2.80. The number of aromatic hydroxyl groups is 5. The molecule has 1 atom stereocenters. The molecule has 5 N–H and O–H groups in total. The SMILES string of the molecule is O=C1CC(c2cc(O)c(O)c(O)c2)Oc2cc(O)cc(O)c21. The van der Waals surface area contributed by atoms with Gasteiger partial charge in [-0.25, -0.2) is 0 Å². The Balaban J connectivity index is 2.04. The highest BCUT2D eigenvalue weighted by Crippen LogP contribution is 2.44. The molecule has 2 aromatic carbocycles. The maximum atomic E-state index is 12.1. The van der Waals surface area contributed by atoms with Crippen LogP contribution in [0.15, 0.2) is 24.3 Å². The van der Waals surface area contributed by atoms with Crippen molar-refractivity contribution in [1.82, 2.24) is 0 Å². The van der Waals surface area contributed by atoms with Crippen LogP contribution in [0.25, 0.3) is 0 Å². The Morgan fingerprint density at radius 3 is 2.18 bits per heavy atom. The Morgan fingerprint density at radius 2 is 1.55 bits per heavy atom. The standard InChI is InChI=1S/C15H12O7/c16-7-3-8(17)14-9(18)5-12(22-13(14)4-7)6-1-10(19)15(21)11(20)2-6/h1-4,12,16-17,19-21H,5H2. The van der Waals surface area contributed by atoms with Gasteiger partial charge in [-0.2, -0.15) is 0 Å². The van der Waals surface area contributed by atoms with Crippen LogP contribution in [-0.4, -0.2) is 31.3 Å². The van der Waals surface area contributed by atoms with Crippen molar-refractivity contribution in [3.63, 3.8) is 0 Å². The van der Waals surface area contributed by atoms with E-state index in [9.17, 15) is 30.3 Å². The van der Waals surface area contributed by atoms with Gasteiger partial charge in [-0.3, -0.25) is 4.79 Å². The van der Waals surface area contributed by atoms with E-state index in [1.54, 1.807) is 0 Å². The fraction of sp³-hybridized carbons (Fsp3) is 0.133. The predicted molar refractivity (Wildman–Crippen MR) is 73.5 cm³/mol. The molecule has 0 aliphatic carbocycles. The zero-order valence-electron chi connectivity index (χ0n) is 11.1. The van der Waals surface area contributed by atoms with Crippen LogP contribution in [0, 0.1) is 0 Å². The summed E-state index contributed by atoms with van der Waals surface area (Å²) in [7, 11) is 0. The van der Waals surface area contributed by atoms with Gasteiger partial charge in [0.1, 0.15) is 28.9 Å². The molecule has 0 radical (unpaired) electrons. The molecular formula is C15H12O7. The molecule has 0 fully saturated rings. The maximum Gasteiger partial charge on any atom is 0.200 e. The third-order valence-electron chi connectivity index (χ3n) is 3.45. The second kappa shape index (κ2) is 4.73. The van der Waals surface area contributed by atoms with E-state index in [1.807, 2.05) is 0 Å². The van der Waals surface area contributed by atoms with Crippen molar-refractivity contribution in [3.8, 4) is 34.5 Å². The molecule has 0 aromatic heterocycles. The van der Waals surface area contributed by atoms with Crippen molar-refractivity contribution in [1.29, 1.82) is 0 Å². The van der Waals surface area contributed by atoms with Crippen LogP contribution < -0.4 is 4.74 Å². The molecule has 1 aliphatic heterocycles. The number of fused-ring (bicyclic) bond motifs is 1. The quantitative estimate of drug-likeness (QED) is 0.509. The molecule has 1 unspecified atom stereocenters. The molecule has 1 heterocycles. The molecule has 22 heavy (non-hydrogen) atoms. The number of Topliss-reactive ketones (excluding diaryl/α,β-unsaturated/α-hetero) is 1. The third kappa shape index (κ3) is 2.12. The van der Waals surface area contributed by atoms with Crippen molar-refractivity contribution < 1.29 is 35.1 Å². The lowest BCUT2D eigenvalue weighted by atomic mass is 9.95. The lowest BCUT2D eigenvalue weighted by molar-refractivity contribution is 0.0844. The Morgan fingerprint density at radius 1 is 0.909 bits per heavy atom. The van der Waals surface area contributed by atoms with Crippen LogP contribution >= 0.6 is 0 Å². The van der Waals surface area contributed by atoms with E-state index in [4.69, 9.17) is 4.74 Å². The van der Waals surface area contributed by atoms with Gasteiger partial charge < -0.3 is 30.3 Å². The molecule has 0 saturated heterocycles. The number of ketones is 1. The largest absolute Gasteiger partial charge is 0.508 e. The number of ether oxygens (including phenoxy) is 1. The summed E-state index contributed by atoms with van der Waals surface area (Å²) < 4.78 is 5.56. The Labute approximate surface area is 124 Å². The maximum absolute atomic E-state index is 12.1. The van der Waals surface area contributed by atoms with Gasteiger partial charge in [-0.15, -0.1) is 0 Å². The van der Waals surface area contributed by atoms with Gasteiger partial charge in [0, 0.05) is 17.7 Å². The Kier molecular flexibility index (Phi) is 2.98. The molecule has 0 saturated carbocycles. The number of phenols is 5. The summed E-state index contributed by atoms with van der Waals surface area (Å²) in [6.45, 7) is 0. The zero-order chi connectivity index (χ0) is 16.0. The first-order valence-corrected chi connectivity index (χ1v) is 6.37. The third-order valence-corrected chi connectivity index (χ3v) is 3.45. The number of rotatable bonds is 1. The summed E-state index contributed by atoms with van der Waals surface area (Å²) in [5, 5.41) is 47.6. The molecular weight excluding hydrogens is 292 g/mol. The van der Waals surface area contributed by atoms with E-state index in [1.165, 1.54) is 18.2 Å². The first kappa shape index (κ1) is 13.9. The molecule has 114 valence electrons. The molecule has 2 aromatic rings. The highest BCUT2D eigenvalue weighted by atomic mass is 16.5. The Hall–Kier alpha value is -3.09. The highest BCUT2D eigenvalue weighted by molar-refractivity contribution is 6.02. The topological polar surface area (TPSA) is 127 Å². The summed E-state index contributed by atoms with van der Waals surface area (Å²) in [4.78, 5) is 12.1. The number of benzene rings is 2. The number of phenolic OH excluding ortho intramolecular Hbond substituents is 5. The fourth-order valence-corrected chi connectivity index (χ4v) is 2.42. The normalized spacial score (nSPS) is 16.9. The van der Waals surface area contributed by atoms with Gasteiger partial charge in [0.2, 0.25) is 0 Å². The zero-order valence-corrected chi connectivity index (χ0v) is 11.1. The average Bonchev–Trinajstić information content (AvgIpc) is 2.42. The fourth-order valence-electron chi connectivity index (χ4n) is 2.42. The van der Waals surface area contributed by atoms with Crippen LogP contribution in [0.2, 0.25) is 0 Å². The van der Waals surface area contributed by atoms with Gasteiger partial charge in [-0.1, -0.05) is 0 Å². The van der Waals surface area contributed by atoms with E-state index in [0.717, 1.165) is 6.07 Å². The smallest absolute Gasteiger partial charge is 0.200 e. The Bertz CT molecular complexity index is 759. The van der Waals surface area contributed by atoms with Crippen molar-refractivity contribution in [3.05, 3.63) is 35.4 Å². The van der Waals surface area contributed by atoms with Crippen LogP contribution in [0.5, 0.6) is 34.5 Å². The van der Waals surface area contributed by atoms with E-state index >= 15 is 0 Å². The molecule has 0 bridgehead atoms. The second-order valence-corrected chi connectivity index (χ2v) is 4.98. The van der Waals surface area contributed by atoms with Crippen LogP contribution in [0.1, 0.15) is 28.4 Å². The number of hydrogen-bond acceptors (Lipinski definition) is 7. The lowest BCUT2D eigenvalue weighted by Gasteiger charge is -2.26. The highest BCUT2D eigenvalue weighted by Gasteiger charge is 2.31. The van der Waals surface area contributed by atoms with E-state index < -0.39 is 29.1 Å². The van der Waals surface area contributed by atoms with Crippen molar-refractivity contribution in [2.75, 3.05) is 0 Å². The molecule has 7 heteroatoms. The van der Waals surface area contributed by atoms with Gasteiger partial charge in [0.05, 0.1) is 6.42 Å². The van der Waals surface area contributed by atoms with Gasteiger partial charge >= 0.3 is 0 Å². The predicted octanol–water partition coefficient (Wildman–Crippen LogP) is 1.92. The minimum Gasteiger partial charge on any atom is -0.508 e. The van der Waals surface area contributed by atoms with Crippen molar-refractivity contribution >= 4 is 5.78 Å². The van der Waals surface area contributed by atoms with E-state index in [0.29, 0.717) is 0 Å². The number of hydrogen-bond donors (Lipinski definition) is 5. The van der Waals surface area contributed by atoms with E-state index in [2.05, 4.69) is 0 Å². The molecule has 0 amide bonds. The molecule has 3 rings (SSSR count). The molecule has 0 spiro atoms. The van der Waals surface area contributed by atoms with Gasteiger partial charge in [0.25, 0.3) is 0 Å². The van der Waals surface area contributed by atoms with Crippen molar-refractivity contribution in [2.45, 2.75) is 12.5 Å². The lowest BCUT2D eigenvalue weighted by Crippen LogP contribution is -2.20. The molecule has 1 aliphatic rings. The first-order chi connectivity index (χ1) is 10.4. The van der Waals surface area contributed by atoms with Crippen molar-refractivity contribution in [2.24, 2.45) is 0 Å². The summed E-state index contributed by atoms with van der Waals surface area (Å²) in [6.07, 6.45) is -0.965. The number of carbonyl (C=O) groups excluding carboxylic acids is 1. The van der Waals surface area contributed by atoms with Gasteiger partial charge in [-0.05, 0) is 12.1 Å². The minimum absolute atomic E-state index is 0.00537. The van der Waals surface area contributed by atoms with Gasteiger partial charge in [0.15, 0.2) is 23.0 Å². The summed E-state index contributed by atoms with van der Waals surface area (Å²) in [5.41, 5.74) is 0.246. The summed E-state index contributed by atoms with van der Waals surface area (Å²) in [6, 6.07) is 4.57. The van der Waals surface area contributed by atoms with Crippen LogP contribution in [-0.2, 0) is 0 Å². The summed E-state index contributed by atoms with van der Waals surface area (Å²) >= 11 is 0. The van der Waals surface area contributed by atoms with E-state index in [-0.39, 0.29) is 34.8 Å². The number of carbonyl (C=O) groups is 1. The monoisotopic (exact) mass is 304 g/mol. The minimum atomic E-state index is -0.835. The van der Waals surface area contributed by atoms with Crippen LogP contribution in [0.4, 0.5) is 0 Å². The first-order valence-electron chi connectivity index (χ1n) is 6.37. The second-order valence-electron chi connectivity index (χ2n) is 4.98.